The average Bonchev–Trinajstić information content (AvgIpc) is 2.89. The number of pyridine rings is 1. The normalized spacial score (nSPS) is 11.9. The largest absolute Gasteiger partial charge is 0.392 e. The number of aromatic amines is 1. The summed E-state index contributed by atoms with van der Waals surface area (Å²) in [7, 11) is 0. The summed E-state index contributed by atoms with van der Waals surface area (Å²) < 4.78 is 1.44. The molecule has 6 nitrogen and oxygen atoms in total. The first kappa shape index (κ1) is 18.1. The molecule has 2 heterocycles. The number of hydrogen-bond acceptors (Lipinski definition) is 4. The van der Waals surface area contributed by atoms with Crippen LogP contribution in [0.15, 0.2) is 35.3 Å². The van der Waals surface area contributed by atoms with Gasteiger partial charge in [0.05, 0.1) is 18.7 Å². The van der Waals surface area contributed by atoms with E-state index in [1.54, 1.807) is 6.20 Å². The Morgan fingerprint density at radius 1 is 1.23 bits per heavy atom. The van der Waals surface area contributed by atoms with Gasteiger partial charge in [-0.15, -0.1) is 0 Å². The van der Waals surface area contributed by atoms with E-state index in [2.05, 4.69) is 9.97 Å². The van der Waals surface area contributed by atoms with Gasteiger partial charge in [0.1, 0.15) is 0 Å². The molecule has 1 aromatic carbocycles. The molecule has 2 aromatic heterocycles. The zero-order valence-electron chi connectivity index (χ0n) is 15.5. The van der Waals surface area contributed by atoms with Crippen molar-refractivity contribution in [2.45, 2.75) is 40.8 Å². The van der Waals surface area contributed by atoms with Crippen molar-refractivity contribution in [1.29, 1.82) is 0 Å². The second-order valence-electron chi connectivity index (χ2n) is 7.58. The topological polar surface area (TPSA) is 88.0 Å². The number of H-pyrrole nitrogens is 1. The Morgan fingerprint density at radius 3 is 2.58 bits per heavy atom. The van der Waals surface area contributed by atoms with Gasteiger partial charge in [-0.2, -0.15) is 0 Å². The third kappa shape index (κ3) is 3.32. The third-order valence-electron chi connectivity index (χ3n) is 4.61. The fraction of sp³-hybridized carbons (Fsp3) is 0.350. The van der Waals surface area contributed by atoms with Crippen LogP contribution in [0.4, 0.5) is 0 Å². The molecule has 6 heteroatoms. The van der Waals surface area contributed by atoms with Crippen LogP contribution < -0.4 is 5.69 Å². The Kier molecular flexibility index (Phi) is 4.54. The molecule has 0 aliphatic rings. The maximum Gasteiger partial charge on any atom is 0.328 e. The number of imidazole rings is 1. The van der Waals surface area contributed by atoms with Crippen molar-refractivity contribution in [3.8, 4) is 11.1 Å². The fourth-order valence-electron chi connectivity index (χ4n) is 2.78. The van der Waals surface area contributed by atoms with Crippen LogP contribution in [0, 0.1) is 12.3 Å². The molecule has 3 rings (SSSR count). The standard InChI is InChI=1S/C20H23N3O3/c1-12-7-13(5-6-14(12)11-24)15-8-16-18(21-9-15)22-19(26)23(16)10-17(25)20(2,3)4/h5-9,24H,10-11H2,1-4H3,(H,21,22,26). The van der Waals surface area contributed by atoms with Crippen LogP contribution in [-0.2, 0) is 17.9 Å². The van der Waals surface area contributed by atoms with Gasteiger partial charge < -0.3 is 5.11 Å². The number of nitrogens with one attached hydrogen (secondary N) is 1. The Labute approximate surface area is 151 Å². The first-order chi connectivity index (χ1) is 12.2. The second kappa shape index (κ2) is 6.53. The molecular formula is C20H23N3O3. The number of fused-ring (bicyclic) bond motifs is 1. The van der Waals surface area contributed by atoms with Gasteiger partial charge in [0.15, 0.2) is 11.4 Å². The monoisotopic (exact) mass is 353 g/mol. The highest BCUT2D eigenvalue weighted by Gasteiger charge is 2.23. The van der Waals surface area contributed by atoms with Crippen LogP contribution in [0.1, 0.15) is 31.9 Å². The lowest BCUT2D eigenvalue weighted by atomic mass is 9.91. The summed E-state index contributed by atoms with van der Waals surface area (Å²) in [5.41, 5.74) is 3.85. The number of carbonyl (C=O) groups excluding carboxylic acids is 1. The van der Waals surface area contributed by atoms with Crippen molar-refractivity contribution in [1.82, 2.24) is 14.5 Å². The number of aromatic nitrogens is 3. The third-order valence-corrected chi connectivity index (χ3v) is 4.61. The number of benzene rings is 1. The fourth-order valence-corrected chi connectivity index (χ4v) is 2.78. The predicted octanol–water partition coefficient (Wildman–Crippen LogP) is 2.81. The van der Waals surface area contributed by atoms with Gasteiger partial charge in [0.2, 0.25) is 0 Å². The molecule has 0 amide bonds. The number of hydrogen-bond donors (Lipinski definition) is 2. The highest BCUT2D eigenvalue weighted by Crippen LogP contribution is 2.25. The Morgan fingerprint density at radius 2 is 1.96 bits per heavy atom. The molecule has 0 saturated carbocycles. The van der Waals surface area contributed by atoms with E-state index in [9.17, 15) is 14.7 Å². The summed E-state index contributed by atoms with van der Waals surface area (Å²) in [4.78, 5) is 31.7. The van der Waals surface area contributed by atoms with Crippen molar-refractivity contribution in [2.75, 3.05) is 0 Å². The van der Waals surface area contributed by atoms with Crippen molar-refractivity contribution < 1.29 is 9.90 Å². The molecule has 3 aromatic rings. The van der Waals surface area contributed by atoms with Crippen molar-refractivity contribution >= 4 is 16.9 Å². The summed E-state index contributed by atoms with van der Waals surface area (Å²) in [6, 6.07) is 7.63. The van der Waals surface area contributed by atoms with Crippen molar-refractivity contribution in [2.24, 2.45) is 5.41 Å². The maximum atomic E-state index is 12.4. The van der Waals surface area contributed by atoms with Crippen LogP contribution >= 0.6 is 0 Å². The van der Waals surface area contributed by atoms with Gasteiger partial charge >= 0.3 is 5.69 Å². The minimum Gasteiger partial charge on any atom is -0.392 e. The van der Waals surface area contributed by atoms with Gasteiger partial charge in [-0.05, 0) is 29.7 Å². The van der Waals surface area contributed by atoms with Crippen LogP contribution in [0.5, 0.6) is 0 Å². The van der Waals surface area contributed by atoms with Gasteiger partial charge in [0, 0.05) is 17.2 Å². The summed E-state index contributed by atoms with van der Waals surface area (Å²) in [6.45, 7) is 7.46. The summed E-state index contributed by atoms with van der Waals surface area (Å²) in [5.74, 6) is -0.0194. The molecular weight excluding hydrogens is 330 g/mol. The highest BCUT2D eigenvalue weighted by molar-refractivity contribution is 5.86. The number of Topliss-reactive ketones (excluding diaryl/α,β-unsaturated/α-hetero) is 1. The maximum absolute atomic E-state index is 12.4. The summed E-state index contributed by atoms with van der Waals surface area (Å²) >= 11 is 0. The van der Waals surface area contributed by atoms with Gasteiger partial charge in [-0.1, -0.05) is 39.0 Å². The molecule has 0 atom stereocenters. The molecule has 0 unspecified atom stereocenters. The summed E-state index contributed by atoms with van der Waals surface area (Å²) in [5, 5.41) is 9.32. The molecule has 26 heavy (non-hydrogen) atoms. The quantitative estimate of drug-likeness (QED) is 0.755. The van der Waals surface area contributed by atoms with Crippen LogP contribution in [-0.4, -0.2) is 25.4 Å². The van der Waals surface area contributed by atoms with Crippen molar-refractivity contribution in [3.05, 3.63) is 52.1 Å². The number of nitrogens with zero attached hydrogens (tertiary/aromatic N) is 2. The van der Waals surface area contributed by atoms with E-state index in [4.69, 9.17) is 0 Å². The molecule has 0 spiro atoms. The number of rotatable bonds is 4. The van der Waals surface area contributed by atoms with E-state index in [1.807, 2.05) is 52.0 Å². The van der Waals surface area contributed by atoms with Crippen molar-refractivity contribution in [3.63, 3.8) is 0 Å². The van der Waals surface area contributed by atoms with Crippen LogP contribution in [0.25, 0.3) is 22.3 Å². The van der Waals surface area contributed by atoms with Crippen LogP contribution in [0.2, 0.25) is 0 Å². The number of aliphatic hydroxyl groups is 1. The van der Waals surface area contributed by atoms with Gasteiger partial charge in [-0.25, -0.2) is 9.78 Å². The van der Waals surface area contributed by atoms with E-state index in [-0.39, 0.29) is 24.6 Å². The van der Waals surface area contributed by atoms with Gasteiger partial charge in [-0.3, -0.25) is 14.3 Å². The lowest BCUT2D eigenvalue weighted by Gasteiger charge is -2.16. The molecule has 0 radical (unpaired) electrons. The second-order valence-corrected chi connectivity index (χ2v) is 7.58. The average molecular weight is 353 g/mol. The Balaban J connectivity index is 2.08. The van der Waals surface area contributed by atoms with E-state index < -0.39 is 5.41 Å². The lowest BCUT2D eigenvalue weighted by molar-refractivity contribution is -0.126. The molecule has 0 aliphatic carbocycles. The van der Waals surface area contributed by atoms with E-state index in [1.165, 1.54) is 4.57 Å². The first-order valence-electron chi connectivity index (χ1n) is 8.53. The van der Waals surface area contributed by atoms with E-state index in [0.29, 0.717) is 11.2 Å². The molecule has 136 valence electrons. The number of aliphatic hydroxyl groups excluding tert-OH is 1. The van der Waals surface area contributed by atoms with Crippen LogP contribution in [0.3, 0.4) is 0 Å². The molecule has 2 N–H and O–H groups in total. The lowest BCUT2D eigenvalue weighted by Crippen LogP contribution is -2.29. The minimum atomic E-state index is -0.523. The Bertz CT molecular complexity index is 1040. The molecule has 0 bridgehead atoms. The number of ketones is 1. The summed E-state index contributed by atoms with van der Waals surface area (Å²) in [6.07, 6.45) is 1.70. The smallest absolute Gasteiger partial charge is 0.328 e. The molecule has 0 aliphatic heterocycles. The molecule has 0 saturated heterocycles. The minimum absolute atomic E-state index is 0.00430. The SMILES string of the molecule is Cc1cc(-c2cnc3[nH]c(=O)n(CC(=O)C(C)(C)C)c3c2)ccc1CO. The predicted molar refractivity (Wildman–Crippen MR) is 101 cm³/mol. The van der Waals surface area contributed by atoms with E-state index >= 15 is 0 Å². The van der Waals surface area contributed by atoms with Gasteiger partial charge in [0.25, 0.3) is 0 Å². The zero-order chi connectivity index (χ0) is 19.1. The van der Waals surface area contributed by atoms with E-state index in [0.717, 1.165) is 22.3 Å². The Hall–Kier alpha value is -2.73. The first-order valence-corrected chi connectivity index (χ1v) is 8.53. The zero-order valence-corrected chi connectivity index (χ0v) is 15.5. The number of carbonyl (C=O) groups is 1. The highest BCUT2D eigenvalue weighted by atomic mass is 16.3. The molecule has 0 fully saturated rings. The number of aryl methyl sites for hydroxylation is 1.